The lowest BCUT2D eigenvalue weighted by Crippen LogP contribution is -2.15. The van der Waals surface area contributed by atoms with Crippen molar-refractivity contribution >= 4 is 0 Å². The number of rotatable bonds is 12. The SMILES string of the molecule is CCCCCCCc1ccc(-c2ccc(CCC3CCC(CCC)CC3)cc2)nc1. The van der Waals surface area contributed by atoms with Gasteiger partial charge in [-0.15, -0.1) is 0 Å². The monoisotopic (exact) mass is 405 g/mol. The minimum Gasteiger partial charge on any atom is -0.256 e. The van der Waals surface area contributed by atoms with Crippen LogP contribution in [0.1, 0.15) is 102 Å². The van der Waals surface area contributed by atoms with Crippen LogP contribution >= 0.6 is 0 Å². The highest BCUT2D eigenvalue weighted by Gasteiger charge is 2.20. The lowest BCUT2D eigenvalue weighted by atomic mass is 9.78. The summed E-state index contributed by atoms with van der Waals surface area (Å²) in [6.45, 7) is 4.60. The first-order valence-corrected chi connectivity index (χ1v) is 12.8. The van der Waals surface area contributed by atoms with Gasteiger partial charge >= 0.3 is 0 Å². The standard InChI is InChI=1S/C29H43N/c1-3-5-6-7-8-10-27-19-22-29(30-23-27)28-20-17-26(18-21-28)16-15-25-13-11-24(9-4-2)12-14-25/h17-25H,3-16H2,1-2H3. The summed E-state index contributed by atoms with van der Waals surface area (Å²) in [6, 6.07) is 13.6. The van der Waals surface area contributed by atoms with Crippen molar-refractivity contribution in [1.29, 1.82) is 0 Å². The van der Waals surface area contributed by atoms with Gasteiger partial charge in [-0.05, 0) is 54.7 Å². The van der Waals surface area contributed by atoms with Crippen molar-refractivity contribution in [3.05, 3.63) is 53.7 Å². The summed E-state index contributed by atoms with van der Waals surface area (Å²) in [5.74, 6) is 1.97. The van der Waals surface area contributed by atoms with E-state index in [1.165, 1.54) is 100 Å². The molecule has 0 bridgehead atoms. The zero-order valence-electron chi connectivity index (χ0n) is 19.5. The second kappa shape index (κ2) is 12.9. The lowest BCUT2D eigenvalue weighted by molar-refractivity contribution is 0.252. The third-order valence-corrected chi connectivity index (χ3v) is 7.15. The van der Waals surface area contributed by atoms with Gasteiger partial charge in [0.15, 0.2) is 0 Å². The van der Waals surface area contributed by atoms with Gasteiger partial charge in [0.05, 0.1) is 5.69 Å². The molecule has 0 unspecified atom stereocenters. The zero-order chi connectivity index (χ0) is 21.0. The Hall–Kier alpha value is -1.63. The van der Waals surface area contributed by atoms with Crippen molar-refractivity contribution < 1.29 is 0 Å². The van der Waals surface area contributed by atoms with E-state index < -0.39 is 0 Å². The van der Waals surface area contributed by atoms with Crippen LogP contribution in [0.3, 0.4) is 0 Å². The molecule has 1 heteroatoms. The molecule has 30 heavy (non-hydrogen) atoms. The zero-order valence-corrected chi connectivity index (χ0v) is 19.5. The highest BCUT2D eigenvalue weighted by Crippen LogP contribution is 2.34. The number of nitrogens with zero attached hydrogens (tertiary/aromatic N) is 1. The van der Waals surface area contributed by atoms with E-state index in [1.54, 1.807) is 0 Å². The number of hydrogen-bond acceptors (Lipinski definition) is 1. The second-order valence-corrected chi connectivity index (χ2v) is 9.63. The third-order valence-electron chi connectivity index (χ3n) is 7.15. The Balaban J connectivity index is 1.42. The van der Waals surface area contributed by atoms with Gasteiger partial charge in [0.2, 0.25) is 0 Å². The van der Waals surface area contributed by atoms with Crippen LogP contribution < -0.4 is 0 Å². The average Bonchev–Trinajstić information content (AvgIpc) is 2.79. The number of benzene rings is 1. The molecule has 1 aliphatic rings. The maximum Gasteiger partial charge on any atom is 0.0702 e. The molecule has 1 aliphatic carbocycles. The van der Waals surface area contributed by atoms with E-state index in [9.17, 15) is 0 Å². The number of pyridine rings is 1. The molecule has 1 fully saturated rings. The van der Waals surface area contributed by atoms with E-state index in [0.29, 0.717) is 0 Å². The van der Waals surface area contributed by atoms with E-state index in [4.69, 9.17) is 4.98 Å². The highest BCUT2D eigenvalue weighted by atomic mass is 14.7. The van der Waals surface area contributed by atoms with Gasteiger partial charge in [0.25, 0.3) is 0 Å². The van der Waals surface area contributed by atoms with Gasteiger partial charge in [-0.25, -0.2) is 0 Å². The fourth-order valence-electron chi connectivity index (χ4n) is 5.11. The van der Waals surface area contributed by atoms with Crippen molar-refractivity contribution in [3.8, 4) is 11.3 Å². The molecule has 0 amide bonds. The Morgan fingerprint density at radius 1 is 0.667 bits per heavy atom. The van der Waals surface area contributed by atoms with E-state index in [2.05, 4.69) is 56.4 Å². The van der Waals surface area contributed by atoms with Gasteiger partial charge < -0.3 is 0 Å². The molecule has 1 aromatic heterocycles. The van der Waals surface area contributed by atoms with Gasteiger partial charge in [0, 0.05) is 11.8 Å². The molecule has 164 valence electrons. The van der Waals surface area contributed by atoms with Crippen LogP contribution in [-0.2, 0) is 12.8 Å². The molecule has 3 rings (SSSR count). The number of aryl methyl sites for hydroxylation is 2. The minimum absolute atomic E-state index is 0.953. The smallest absolute Gasteiger partial charge is 0.0702 e. The van der Waals surface area contributed by atoms with Crippen LogP contribution in [0.15, 0.2) is 42.6 Å². The lowest BCUT2D eigenvalue weighted by Gasteiger charge is -2.28. The quantitative estimate of drug-likeness (QED) is 0.321. The topological polar surface area (TPSA) is 12.9 Å². The summed E-state index contributed by atoms with van der Waals surface area (Å²) < 4.78 is 0. The minimum atomic E-state index is 0.953. The van der Waals surface area contributed by atoms with Gasteiger partial charge in [0.1, 0.15) is 0 Å². The molecule has 1 aromatic carbocycles. The molecule has 2 aromatic rings. The number of aromatic nitrogens is 1. The molecule has 0 N–H and O–H groups in total. The summed E-state index contributed by atoms with van der Waals surface area (Å²) in [5.41, 5.74) is 5.21. The summed E-state index contributed by atoms with van der Waals surface area (Å²) in [4.78, 5) is 4.74. The molecule has 0 saturated heterocycles. The Bertz CT molecular complexity index is 692. The van der Waals surface area contributed by atoms with Crippen LogP contribution in [-0.4, -0.2) is 4.98 Å². The van der Waals surface area contributed by atoms with Crippen molar-refractivity contribution in [2.45, 2.75) is 104 Å². The summed E-state index contributed by atoms with van der Waals surface area (Å²) in [7, 11) is 0. The van der Waals surface area contributed by atoms with E-state index in [-0.39, 0.29) is 0 Å². The van der Waals surface area contributed by atoms with Gasteiger partial charge in [-0.3, -0.25) is 4.98 Å². The van der Waals surface area contributed by atoms with Crippen LogP contribution in [0.5, 0.6) is 0 Å². The molecule has 0 radical (unpaired) electrons. The predicted octanol–water partition coefficient (Wildman–Crippen LogP) is 8.80. The van der Waals surface area contributed by atoms with Crippen molar-refractivity contribution in [2.24, 2.45) is 11.8 Å². The Labute approximate surface area is 185 Å². The predicted molar refractivity (Wildman–Crippen MR) is 131 cm³/mol. The molecular formula is C29H43N. The first-order valence-electron chi connectivity index (χ1n) is 12.8. The molecule has 1 nitrogen and oxygen atoms in total. The van der Waals surface area contributed by atoms with Gasteiger partial charge in [-0.1, -0.05) is 108 Å². The molecule has 0 atom stereocenters. The molecule has 1 saturated carbocycles. The fourth-order valence-corrected chi connectivity index (χ4v) is 5.11. The van der Waals surface area contributed by atoms with E-state index >= 15 is 0 Å². The van der Waals surface area contributed by atoms with E-state index in [0.717, 1.165) is 24.0 Å². The van der Waals surface area contributed by atoms with Crippen molar-refractivity contribution in [3.63, 3.8) is 0 Å². The molecule has 1 heterocycles. The number of unbranched alkanes of at least 4 members (excludes halogenated alkanes) is 4. The first kappa shape index (κ1) is 23.0. The van der Waals surface area contributed by atoms with Crippen LogP contribution in [0.4, 0.5) is 0 Å². The third kappa shape index (κ3) is 7.56. The summed E-state index contributed by atoms with van der Waals surface area (Å²) >= 11 is 0. The average molecular weight is 406 g/mol. The van der Waals surface area contributed by atoms with Crippen LogP contribution in [0.2, 0.25) is 0 Å². The fraction of sp³-hybridized carbons (Fsp3) is 0.621. The maximum atomic E-state index is 4.74. The van der Waals surface area contributed by atoms with Crippen molar-refractivity contribution in [2.75, 3.05) is 0 Å². The van der Waals surface area contributed by atoms with E-state index in [1.807, 2.05) is 0 Å². The van der Waals surface area contributed by atoms with Crippen molar-refractivity contribution in [1.82, 2.24) is 4.98 Å². The number of hydrogen-bond donors (Lipinski definition) is 0. The Morgan fingerprint density at radius 2 is 1.33 bits per heavy atom. The molecule has 0 spiro atoms. The van der Waals surface area contributed by atoms with Crippen LogP contribution in [0.25, 0.3) is 11.3 Å². The summed E-state index contributed by atoms with van der Waals surface area (Å²) in [5, 5.41) is 0. The second-order valence-electron chi connectivity index (χ2n) is 9.63. The Morgan fingerprint density at radius 3 is 1.97 bits per heavy atom. The highest BCUT2D eigenvalue weighted by molar-refractivity contribution is 5.59. The normalized spacial score (nSPS) is 19.1. The van der Waals surface area contributed by atoms with Gasteiger partial charge in [-0.2, -0.15) is 0 Å². The molecular weight excluding hydrogens is 362 g/mol. The Kier molecular flexibility index (Phi) is 9.93. The van der Waals surface area contributed by atoms with Crippen LogP contribution in [0, 0.1) is 11.8 Å². The maximum absolute atomic E-state index is 4.74. The molecule has 0 aliphatic heterocycles. The largest absolute Gasteiger partial charge is 0.256 e. The summed E-state index contributed by atoms with van der Waals surface area (Å²) in [6.07, 6.45) is 21.2. The first-order chi connectivity index (χ1) is 14.8.